The van der Waals surface area contributed by atoms with E-state index in [9.17, 15) is 4.79 Å². The molecule has 0 radical (unpaired) electrons. The van der Waals surface area contributed by atoms with Gasteiger partial charge in [0.25, 0.3) is 0 Å². The Hall–Kier alpha value is -1.53. The molecular formula is C18H29N3O3. The Morgan fingerprint density at radius 1 is 1.38 bits per heavy atom. The van der Waals surface area contributed by atoms with E-state index in [1.54, 1.807) is 6.26 Å². The van der Waals surface area contributed by atoms with Gasteiger partial charge in [-0.05, 0) is 45.7 Å². The molecule has 6 heteroatoms. The van der Waals surface area contributed by atoms with E-state index in [2.05, 4.69) is 24.1 Å². The fourth-order valence-electron chi connectivity index (χ4n) is 3.56. The summed E-state index contributed by atoms with van der Waals surface area (Å²) in [5, 5.41) is 3.09. The van der Waals surface area contributed by atoms with Gasteiger partial charge in [-0.15, -0.1) is 0 Å². The Morgan fingerprint density at radius 3 is 2.67 bits per heavy atom. The Kier molecular flexibility index (Phi) is 5.46. The maximum absolute atomic E-state index is 12.7. The summed E-state index contributed by atoms with van der Waals surface area (Å²) in [4.78, 5) is 17.0. The lowest BCUT2D eigenvalue weighted by molar-refractivity contribution is -0.0673. The second-order valence-electron chi connectivity index (χ2n) is 7.08. The van der Waals surface area contributed by atoms with Gasteiger partial charge in [-0.25, -0.2) is 4.79 Å². The zero-order valence-corrected chi connectivity index (χ0v) is 14.9. The van der Waals surface area contributed by atoms with Crippen molar-refractivity contribution in [1.82, 2.24) is 15.1 Å². The van der Waals surface area contributed by atoms with Gasteiger partial charge in [0.2, 0.25) is 0 Å². The van der Waals surface area contributed by atoms with Gasteiger partial charge in [0.05, 0.1) is 24.5 Å². The molecule has 6 nitrogen and oxygen atoms in total. The van der Waals surface area contributed by atoms with Crippen LogP contribution in [0.15, 0.2) is 22.8 Å². The minimum absolute atomic E-state index is 0.00996. The first-order valence-corrected chi connectivity index (χ1v) is 9.02. The molecule has 2 heterocycles. The maximum Gasteiger partial charge on any atom is 0.318 e. The van der Waals surface area contributed by atoms with Crippen molar-refractivity contribution in [2.24, 2.45) is 0 Å². The Bertz CT molecular complexity index is 520. The number of hydrogen-bond donors (Lipinski definition) is 1. The molecule has 2 aliphatic rings. The fourth-order valence-corrected chi connectivity index (χ4v) is 3.56. The molecule has 1 N–H and O–H groups in total. The van der Waals surface area contributed by atoms with Gasteiger partial charge in [-0.3, -0.25) is 4.90 Å². The molecule has 3 atom stereocenters. The lowest BCUT2D eigenvalue weighted by Gasteiger charge is -2.35. The highest BCUT2D eigenvalue weighted by Gasteiger charge is 2.37. The van der Waals surface area contributed by atoms with Crippen molar-refractivity contribution in [3.63, 3.8) is 0 Å². The first-order chi connectivity index (χ1) is 11.5. The molecule has 2 fully saturated rings. The molecule has 1 saturated heterocycles. The van der Waals surface area contributed by atoms with E-state index in [1.165, 1.54) is 0 Å². The lowest BCUT2D eigenvalue weighted by Crippen LogP contribution is -2.49. The molecule has 134 valence electrons. The number of furan rings is 1. The molecule has 1 aromatic heterocycles. The van der Waals surface area contributed by atoms with Crippen molar-refractivity contribution in [3.8, 4) is 0 Å². The maximum atomic E-state index is 12.7. The van der Waals surface area contributed by atoms with Crippen LogP contribution in [0.1, 0.15) is 45.4 Å². The van der Waals surface area contributed by atoms with Crippen molar-refractivity contribution in [3.05, 3.63) is 24.2 Å². The highest BCUT2D eigenvalue weighted by molar-refractivity contribution is 5.75. The number of hydrogen-bond acceptors (Lipinski definition) is 4. The third-order valence-corrected chi connectivity index (χ3v) is 4.75. The van der Waals surface area contributed by atoms with Gasteiger partial charge >= 0.3 is 6.03 Å². The number of amides is 2. The number of urea groups is 1. The van der Waals surface area contributed by atoms with Crippen LogP contribution in [0.5, 0.6) is 0 Å². The standard InChI is InChI=1S/C18H29N3O3/c1-13-11-20(12-14(2)24-13)9-8-19-18(22)21(16-6-7-16)15(3)17-5-4-10-23-17/h4-5,10,13-16H,6-9,11-12H2,1-3H3,(H,19,22). The number of ether oxygens (including phenoxy) is 1. The van der Waals surface area contributed by atoms with Crippen LogP contribution in [0.25, 0.3) is 0 Å². The highest BCUT2D eigenvalue weighted by Crippen LogP contribution is 2.34. The van der Waals surface area contributed by atoms with Crippen molar-refractivity contribution < 1.29 is 13.9 Å². The summed E-state index contributed by atoms with van der Waals surface area (Å²) in [5.41, 5.74) is 0. The predicted octanol–water partition coefficient (Wildman–Crippen LogP) is 2.62. The summed E-state index contributed by atoms with van der Waals surface area (Å²) >= 11 is 0. The van der Waals surface area contributed by atoms with Gasteiger partial charge in [0.15, 0.2) is 0 Å². The van der Waals surface area contributed by atoms with Crippen LogP contribution in [-0.2, 0) is 4.74 Å². The van der Waals surface area contributed by atoms with E-state index >= 15 is 0 Å². The van der Waals surface area contributed by atoms with E-state index in [0.717, 1.165) is 38.2 Å². The van der Waals surface area contributed by atoms with E-state index in [4.69, 9.17) is 9.15 Å². The third-order valence-electron chi connectivity index (χ3n) is 4.75. The second-order valence-corrected chi connectivity index (χ2v) is 7.08. The summed E-state index contributed by atoms with van der Waals surface area (Å²) in [6.45, 7) is 9.60. The van der Waals surface area contributed by atoms with Crippen molar-refractivity contribution in [1.29, 1.82) is 0 Å². The summed E-state index contributed by atoms with van der Waals surface area (Å²) in [6, 6.07) is 4.12. The number of nitrogens with one attached hydrogen (secondary N) is 1. The average Bonchev–Trinajstić information content (AvgIpc) is 3.18. The minimum atomic E-state index is -0.0315. The summed E-state index contributed by atoms with van der Waals surface area (Å²) < 4.78 is 11.2. The fraction of sp³-hybridized carbons (Fsp3) is 0.722. The van der Waals surface area contributed by atoms with Crippen molar-refractivity contribution in [2.45, 2.75) is 57.9 Å². The Labute approximate surface area is 144 Å². The van der Waals surface area contributed by atoms with Crippen molar-refractivity contribution >= 4 is 6.03 Å². The SMILES string of the molecule is CC1CN(CCNC(=O)N(C2CC2)C(C)c2ccco2)CC(C)O1. The topological polar surface area (TPSA) is 58.0 Å². The van der Waals surface area contributed by atoms with E-state index in [-0.39, 0.29) is 24.3 Å². The Morgan fingerprint density at radius 2 is 2.08 bits per heavy atom. The second kappa shape index (κ2) is 7.57. The van der Waals surface area contributed by atoms with Gasteiger partial charge in [-0.1, -0.05) is 0 Å². The molecule has 0 spiro atoms. The van der Waals surface area contributed by atoms with Gasteiger partial charge in [-0.2, -0.15) is 0 Å². The summed E-state index contributed by atoms with van der Waals surface area (Å²) in [7, 11) is 0. The van der Waals surface area contributed by atoms with Gasteiger partial charge in [0.1, 0.15) is 5.76 Å². The third kappa shape index (κ3) is 4.30. The molecular weight excluding hydrogens is 306 g/mol. The van der Waals surface area contributed by atoms with Crippen LogP contribution in [0.2, 0.25) is 0 Å². The molecule has 24 heavy (non-hydrogen) atoms. The number of nitrogens with zero attached hydrogens (tertiary/aromatic N) is 2. The first-order valence-electron chi connectivity index (χ1n) is 9.02. The summed E-state index contributed by atoms with van der Waals surface area (Å²) in [5.74, 6) is 0.841. The zero-order valence-electron chi connectivity index (χ0n) is 14.9. The monoisotopic (exact) mass is 335 g/mol. The smallest absolute Gasteiger partial charge is 0.318 e. The molecule has 1 aliphatic heterocycles. The largest absolute Gasteiger partial charge is 0.467 e. The number of carbonyl (C=O) groups is 1. The highest BCUT2D eigenvalue weighted by atomic mass is 16.5. The van der Waals surface area contributed by atoms with Crippen LogP contribution in [0, 0.1) is 0 Å². The molecule has 0 aromatic carbocycles. The van der Waals surface area contributed by atoms with Crippen LogP contribution in [0.4, 0.5) is 4.79 Å². The zero-order chi connectivity index (χ0) is 17.1. The molecule has 2 amide bonds. The Balaban J connectivity index is 1.49. The van der Waals surface area contributed by atoms with Crippen molar-refractivity contribution in [2.75, 3.05) is 26.2 Å². The van der Waals surface area contributed by atoms with Gasteiger partial charge < -0.3 is 19.4 Å². The van der Waals surface area contributed by atoms with E-state index < -0.39 is 0 Å². The van der Waals surface area contributed by atoms with Gasteiger partial charge in [0, 0.05) is 32.2 Å². The molecule has 1 saturated carbocycles. The molecule has 3 rings (SSSR count). The van der Waals surface area contributed by atoms with Crippen LogP contribution in [-0.4, -0.2) is 60.3 Å². The molecule has 3 unspecified atom stereocenters. The predicted molar refractivity (Wildman–Crippen MR) is 91.8 cm³/mol. The number of carbonyl (C=O) groups excluding carboxylic acids is 1. The first kappa shape index (κ1) is 17.3. The summed E-state index contributed by atoms with van der Waals surface area (Å²) in [6.07, 6.45) is 4.33. The molecule has 0 bridgehead atoms. The lowest BCUT2D eigenvalue weighted by atomic mass is 10.2. The molecule has 1 aromatic rings. The van der Waals surface area contributed by atoms with E-state index in [0.29, 0.717) is 12.6 Å². The average molecular weight is 335 g/mol. The normalized spacial score (nSPS) is 26.1. The quantitative estimate of drug-likeness (QED) is 0.868. The van der Waals surface area contributed by atoms with E-state index in [1.807, 2.05) is 24.0 Å². The van der Waals surface area contributed by atoms with Crippen LogP contribution >= 0.6 is 0 Å². The number of rotatable bonds is 6. The van der Waals surface area contributed by atoms with Crippen LogP contribution < -0.4 is 5.32 Å². The molecule has 1 aliphatic carbocycles. The number of morpholine rings is 1. The minimum Gasteiger partial charge on any atom is -0.467 e. The van der Waals surface area contributed by atoms with Crippen LogP contribution in [0.3, 0.4) is 0 Å².